The Morgan fingerprint density at radius 2 is 2.04 bits per heavy atom. The third-order valence-electron chi connectivity index (χ3n) is 7.03. The Kier molecular flexibility index (Phi) is 3.24. The van der Waals surface area contributed by atoms with Gasteiger partial charge in [0.15, 0.2) is 0 Å². The minimum atomic E-state index is -0.736. The second-order valence-corrected chi connectivity index (χ2v) is 7.96. The minimum Gasteiger partial charge on any atom is -0.508 e. The van der Waals surface area contributed by atoms with Gasteiger partial charge >= 0.3 is 5.97 Å². The van der Waals surface area contributed by atoms with E-state index in [4.69, 9.17) is 0 Å². The Morgan fingerprint density at radius 3 is 2.78 bits per heavy atom. The van der Waals surface area contributed by atoms with Crippen molar-refractivity contribution >= 4 is 5.97 Å². The Labute approximate surface area is 136 Å². The van der Waals surface area contributed by atoms with E-state index in [2.05, 4.69) is 6.92 Å². The zero-order chi connectivity index (χ0) is 16.4. The summed E-state index contributed by atoms with van der Waals surface area (Å²) in [5.74, 6) is -0.323. The van der Waals surface area contributed by atoms with E-state index >= 15 is 0 Å². The van der Waals surface area contributed by atoms with Crippen molar-refractivity contribution in [1.82, 2.24) is 0 Å². The summed E-state index contributed by atoms with van der Waals surface area (Å²) in [7, 11) is 0. The Morgan fingerprint density at radius 1 is 1.26 bits per heavy atom. The molecule has 0 saturated heterocycles. The van der Waals surface area contributed by atoms with Gasteiger partial charge < -0.3 is 15.3 Å². The van der Waals surface area contributed by atoms with Gasteiger partial charge in [-0.25, -0.2) is 0 Å². The van der Waals surface area contributed by atoms with Crippen LogP contribution in [0, 0.1) is 23.2 Å². The number of hydrogen-bond donors (Lipinski definition) is 3. The van der Waals surface area contributed by atoms with E-state index < -0.39 is 11.9 Å². The number of benzene rings is 1. The number of carboxylic acid groups (broad SMARTS) is 1. The molecule has 0 aromatic heterocycles. The summed E-state index contributed by atoms with van der Waals surface area (Å²) >= 11 is 0. The lowest BCUT2D eigenvalue weighted by Gasteiger charge is -2.52. The first-order valence-electron chi connectivity index (χ1n) is 8.64. The van der Waals surface area contributed by atoms with Gasteiger partial charge in [0, 0.05) is 0 Å². The number of aliphatic hydroxyl groups is 1. The van der Waals surface area contributed by atoms with Crippen molar-refractivity contribution in [2.75, 3.05) is 0 Å². The number of aliphatic carboxylic acids is 1. The molecule has 0 spiro atoms. The Balaban J connectivity index is 1.81. The van der Waals surface area contributed by atoms with E-state index in [-0.39, 0.29) is 35.0 Å². The van der Waals surface area contributed by atoms with Crippen molar-refractivity contribution in [3.63, 3.8) is 0 Å². The molecular formula is C19H24O4. The number of phenolic OH excluding ortho intramolecular Hbond substituents is 1. The maximum absolute atomic E-state index is 12.0. The molecule has 0 aliphatic heterocycles. The average Bonchev–Trinajstić information content (AvgIpc) is 2.81. The average molecular weight is 316 g/mol. The fourth-order valence-electron chi connectivity index (χ4n) is 5.85. The summed E-state index contributed by atoms with van der Waals surface area (Å²) in [6.45, 7) is 2.15. The van der Waals surface area contributed by atoms with Crippen molar-refractivity contribution in [2.24, 2.45) is 23.2 Å². The third-order valence-corrected chi connectivity index (χ3v) is 7.03. The number of aliphatic hydroxyl groups excluding tert-OH is 1. The summed E-state index contributed by atoms with van der Waals surface area (Å²) < 4.78 is 0. The zero-order valence-electron chi connectivity index (χ0n) is 13.4. The topological polar surface area (TPSA) is 77.8 Å². The number of phenols is 1. The normalized spacial score (nSPS) is 41.7. The van der Waals surface area contributed by atoms with E-state index in [0.717, 1.165) is 31.2 Å². The molecule has 4 rings (SSSR count). The van der Waals surface area contributed by atoms with Crippen molar-refractivity contribution in [2.45, 2.75) is 51.0 Å². The number of rotatable bonds is 1. The maximum atomic E-state index is 12.0. The summed E-state index contributed by atoms with van der Waals surface area (Å²) in [6, 6.07) is 5.43. The van der Waals surface area contributed by atoms with Crippen molar-refractivity contribution in [3.05, 3.63) is 29.3 Å². The van der Waals surface area contributed by atoms with Gasteiger partial charge in [-0.1, -0.05) is 13.0 Å². The van der Waals surface area contributed by atoms with Crippen LogP contribution in [0.5, 0.6) is 5.75 Å². The molecule has 0 unspecified atom stereocenters. The molecule has 3 N–H and O–H groups in total. The first-order chi connectivity index (χ1) is 10.9. The smallest absolute Gasteiger partial charge is 0.307 e. The number of hydrogen-bond acceptors (Lipinski definition) is 3. The standard InChI is InChI=1S/C19H24O4/c1-19-7-6-13-12-3-2-11(20)8-10(12)9-14(18(22)23)17(13)15(19)4-5-16(19)21/h2-3,8,13-17,20-21H,4-7,9H2,1H3,(H,22,23)/t13-,14+,15+,16+,17+,19+/m1/s1. The molecule has 0 heterocycles. The van der Waals surface area contributed by atoms with Crippen molar-refractivity contribution in [3.8, 4) is 5.75 Å². The van der Waals surface area contributed by atoms with E-state index in [0.29, 0.717) is 6.42 Å². The molecule has 1 aromatic carbocycles. The SMILES string of the molecule is C[C@]12CC[C@@H]3c4ccc(O)cc4C[C@H](C(=O)O)[C@H]3[C@@H]1CC[C@@H]2O. The molecule has 3 aliphatic carbocycles. The van der Waals surface area contributed by atoms with Gasteiger partial charge in [0.1, 0.15) is 5.75 Å². The van der Waals surface area contributed by atoms with Crippen LogP contribution in [0.4, 0.5) is 0 Å². The monoisotopic (exact) mass is 316 g/mol. The van der Waals surface area contributed by atoms with Crippen molar-refractivity contribution in [1.29, 1.82) is 0 Å². The van der Waals surface area contributed by atoms with Crippen LogP contribution in [0.25, 0.3) is 0 Å². The van der Waals surface area contributed by atoms with Gasteiger partial charge in [-0.05, 0) is 78.5 Å². The van der Waals surface area contributed by atoms with Crippen LogP contribution in [0.15, 0.2) is 18.2 Å². The predicted octanol–water partition coefficient (Wildman–Crippen LogP) is 2.92. The summed E-state index contributed by atoms with van der Waals surface area (Å²) in [4.78, 5) is 12.0. The number of carbonyl (C=O) groups is 1. The second-order valence-electron chi connectivity index (χ2n) is 7.96. The quantitative estimate of drug-likeness (QED) is 0.744. The van der Waals surface area contributed by atoms with Crippen molar-refractivity contribution < 1.29 is 20.1 Å². The molecule has 1 aromatic rings. The molecule has 2 fully saturated rings. The maximum Gasteiger partial charge on any atom is 0.307 e. The largest absolute Gasteiger partial charge is 0.508 e. The van der Waals surface area contributed by atoms with Gasteiger partial charge in [0.05, 0.1) is 12.0 Å². The van der Waals surface area contributed by atoms with Gasteiger partial charge in [0.25, 0.3) is 0 Å². The molecule has 2 saturated carbocycles. The molecule has 124 valence electrons. The fourth-order valence-corrected chi connectivity index (χ4v) is 5.85. The van der Waals surface area contributed by atoms with Gasteiger partial charge in [-0.2, -0.15) is 0 Å². The van der Waals surface area contributed by atoms with Crippen LogP contribution < -0.4 is 0 Å². The molecule has 0 amide bonds. The molecule has 3 aliphatic rings. The van der Waals surface area contributed by atoms with Crippen LogP contribution in [-0.4, -0.2) is 27.4 Å². The third kappa shape index (κ3) is 2.04. The summed E-state index contributed by atoms with van der Waals surface area (Å²) in [5, 5.41) is 30.0. The molecule has 4 heteroatoms. The van der Waals surface area contributed by atoms with E-state index in [1.165, 1.54) is 5.56 Å². The summed E-state index contributed by atoms with van der Waals surface area (Å²) in [5.41, 5.74) is 2.07. The minimum absolute atomic E-state index is 0.0976. The second kappa shape index (κ2) is 4.97. The Hall–Kier alpha value is -1.55. The first kappa shape index (κ1) is 15.0. The van der Waals surface area contributed by atoms with E-state index in [1.54, 1.807) is 12.1 Å². The van der Waals surface area contributed by atoms with Gasteiger partial charge in [-0.15, -0.1) is 0 Å². The number of carboxylic acids is 1. The lowest BCUT2D eigenvalue weighted by atomic mass is 9.52. The number of aromatic hydroxyl groups is 1. The van der Waals surface area contributed by atoms with E-state index in [9.17, 15) is 20.1 Å². The van der Waals surface area contributed by atoms with Crippen LogP contribution in [0.1, 0.15) is 49.7 Å². The molecular weight excluding hydrogens is 292 g/mol. The lowest BCUT2D eigenvalue weighted by molar-refractivity contribution is -0.148. The first-order valence-corrected chi connectivity index (χ1v) is 8.64. The number of fused-ring (bicyclic) bond motifs is 5. The fraction of sp³-hybridized carbons (Fsp3) is 0.632. The highest BCUT2D eigenvalue weighted by Crippen LogP contribution is 2.62. The van der Waals surface area contributed by atoms with Gasteiger partial charge in [0.2, 0.25) is 0 Å². The van der Waals surface area contributed by atoms with Crippen LogP contribution >= 0.6 is 0 Å². The Bertz CT molecular complexity index is 655. The van der Waals surface area contributed by atoms with Gasteiger partial charge in [-0.3, -0.25) is 4.79 Å². The highest BCUT2D eigenvalue weighted by Gasteiger charge is 2.57. The predicted molar refractivity (Wildman–Crippen MR) is 85.2 cm³/mol. The summed E-state index contributed by atoms with van der Waals surface area (Å²) in [6.07, 6.45) is 3.78. The molecule has 0 bridgehead atoms. The van der Waals surface area contributed by atoms with Crippen LogP contribution in [0.2, 0.25) is 0 Å². The highest BCUT2D eigenvalue weighted by atomic mass is 16.4. The lowest BCUT2D eigenvalue weighted by Crippen LogP contribution is -2.48. The molecule has 0 radical (unpaired) electrons. The zero-order valence-corrected chi connectivity index (χ0v) is 13.4. The van der Waals surface area contributed by atoms with Crippen LogP contribution in [-0.2, 0) is 11.2 Å². The van der Waals surface area contributed by atoms with Crippen LogP contribution in [0.3, 0.4) is 0 Å². The molecule has 23 heavy (non-hydrogen) atoms. The highest BCUT2D eigenvalue weighted by molar-refractivity contribution is 5.72. The van der Waals surface area contributed by atoms with E-state index in [1.807, 2.05) is 6.07 Å². The molecule has 4 nitrogen and oxygen atoms in total. The molecule has 6 atom stereocenters.